The van der Waals surface area contributed by atoms with Gasteiger partial charge in [0.1, 0.15) is 5.54 Å². The first kappa shape index (κ1) is 12.7. The number of methoxy groups -OCH3 is 1. The van der Waals surface area contributed by atoms with Crippen LogP contribution in [0.3, 0.4) is 0 Å². The number of nitrogens with one attached hydrogen (secondary N) is 2. The monoisotopic (exact) mass is 225 g/mol. The zero-order valence-corrected chi connectivity index (χ0v) is 10.5. The van der Waals surface area contributed by atoms with Gasteiger partial charge in [-0.1, -0.05) is 0 Å². The minimum absolute atomic E-state index is 0.272. The molecular formula is C11H19N3O2. The first-order chi connectivity index (χ1) is 7.38. The largest absolute Gasteiger partial charge is 0.468 e. The fourth-order valence-corrected chi connectivity index (χ4v) is 1.47. The number of aryl methyl sites for hydroxylation is 2. The summed E-state index contributed by atoms with van der Waals surface area (Å²) in [6.07, 6.45) is 0. The fraction of sp³-hybridized carbons (Fsp3) is 0.636. The molecule has 0 bridgehead atoms. The van der Waals surface area contributed by atoms with E-state index in [1.807, 2.05) is 13.8 Å². The topological polar surface area (TPSA) is 67.0 Å². The van der Waals surface area contributed by atoms with Crippen molar-refractivity contribution in [2.75, 3.05) is 7.11 Å². The van der Waals surface area contributed by atoms with Gasteiger partial charge in [-0.05, 0) is 27.7 Å². The van der Waals surface area contributed by atoms with Crippen LogP contribution in [-0.2, 0) is 16.1 Å². The summed E-state index contributed by atoms with van der Waals surface area (Å²) in [6.45, 7) is 8.08. The lowest BCUT2D eigenvalue weighted by molar-refractivity contribution is -0.147. The highest BCUT2D eigenvalue weighted by Crippen LogP contribution is 2.12. The van der Waals surface area contributed by atoms with E-state index in [1.165, 1.54) is 7.11 Å². The summed E-state index contributed by atoms with van der Waals surface area (Å²) in [5.74, 6) is -0.272. The molecular weight excluding hydrogens is 206 g/mol. The van der Waals surface area contributed by atoms with Crippen LogP contribution in [0.25, 0.3) is 0 Å². The minimum atomic E-state index is -0.690. The molecule has 1 aromatic heterocycles. The van der Waals surface area contributed by atoms with Crippen molar-refractivity contribution < 1.29 is 9.53 Å². The third kappa shape index (κ3) is 2.61. The number of hydrogen-bond acceptors (Lipinski definition) is 4. The predicted octanol–water partition coefficient (Wildman–Crippen LogP) is 1.07. The maximum Gasteiger partial charge on any atom is 0.325 e. The van der Waals surface area contributed by atoms with Crippen molar-refractivity contribution in [3.8, 4) is 0 Å². The van der Waals surface area contributed by atoms with E-state index in [2.05, 4.69) is 15.5 Å². The lowest BCUT2D eigenvalue weighted by atomic mass is 10.1. The fourth-order valence-electron chi connectivity index (χ4n) is 1.47. The van der Waals surface area contributed by atoms with Crippen molar-refractivity contribution in [2.24, 2.45) is 0 Å². The molecule has 0 radical (unpaired) electrons. The molecule has 5 nitrogen and oxygen atoms in total. The number of aromatic nitrogens is 2. The van der Waals surface area contributed by atoms with Gasteiger partial charge in [0, 0.05) is 17.8 Å². The van der Waals surface area contributed by atoms with Crippen molar-refractivity contribution in [3.63, 3.8) is 0 Å². The first-order valence-corrected chi connectivity index (χ1v) is 5.22. The van der Waals surface area contributed by atoms with E-state index in [9.17, 15) is 4.79 Å². The summed E-state index contributed by atoms with van der Waals surface area (Å²) in [5, 5.41) is 10.2. The van der Waals surface area contributed by atoms with Crippen molar-refractivity contribution in [2.45, 2.75) is 39.8 Å². The smallest absolute Gasteiger partial charge is 0.325 e. The molecule has 0 aliphatic rings. The number of rotatable bonds is 4. The van der Waals surface area contributed by atoms with Crippen LogP contribution in [-0.4, -0.2) is 28.8 Å². The van der Waals surface area contributed by atoms with Crippen LogP contribution in [0.5, 0.6) is 0 Å². The number of carbonyl (C=O) groups excluding carboxylic acids is 1. The second-order valence-electron chi connectivity index (χ2n) is 4.38. The Balaban J connectivity index is 2.68. The molecule has 0 aliphatic carbocycles. The molecule has 1 heterocycles. The second kappa shape index (κ2) is 4.65. The first-order valence-electron chi connectivity index (χ1n) is 5.22. The summed E-state index contributed by atoms with van der Waals surface area (Å²) < 4.78 is 4.72. The number of esters is 1. The Bertz CT molecular complexity index is 363. The molecule has 0 fully saturated rings. The molecule has 1 rings (SSSR count). The van der Waals surface area contributed by atoms with Gasteiger partial charge in [0.05, 0.1) is 12.8 Å². The van der Waals surface area contributed by atoms with Gasteiger partial charge < -0.3 is 4.74 Å². The quantitative estimate of drug-likeness (QED) is 0.752. The number of hydrogen-bond donors (Lipinski definition) is 2. The van der Waals surface area contributed by atoms with Gasteiger partial charge in [0.25, 0.3) is 0 Å². The molecule has 0 aromatic carbocycles. The molecule has 2 N–H and O–H groups in total. The molecule has 0 atom stereocenters. The molecule has 1 aromatic rings. The maximum atomic E-state index is 11.5. The van der Waals surface area contributed by atoms with Gasteiger partial charge in [-0.3, -0.25) is 15.2 Å². The lowest BCUT2D eigenvalue weighted by Crippen LogP contribution is -2.47. The number of aromatic amines is 1. The molecule has 0 saturated carbocycles. The Morgan fingerprint density at radius 2 is 2.12 bits per heavy atom. The zero-order valence-electron chi connectivity index (χ0n) is 10.5. The van der Waals surface area contributed by atoms with Crippen LogP contribution in [0.4, 0.5) is 0 Å². The molecule has 0 amide bonds. The Morgan fingerprint density at radius 3 is 2.56 bits per heavy atom. The molecule has 0 aliphatic heterocycles. The van der Waals surface area contributed by atoms with Crippen LogP contribution < -0.4 is 5.32 Å². The summed E-state index contributed by atoms with van der Waals surface area (Å²) in [5.41, 5.74) is 2.37. The van der Waals surface area contributed by atoms with Crippen LogP contribution in [0.2, 0.25) is 0 Å². The summed E-state index contributed by atoms with van der Waals surface area (Å²) in [6, 6.07) is 0. The summed E-state index contributed by atoms with van der Waals surface area (Å²) in [7, 11) is 1.39. The van der Waals surface area contributed by atoms with E-state index in [1.54, 1.807) is 13.8 Å². The summed E-state index contributed by atoms with van der Waals surface area (Å²) >= 11 is 0. The molecule has 16 heavy (non-hydrogen) atoms. The van der Waals surface area contributed by atoms with Crippen LogP contribution in [0, 0.1) is 13.8 Å². The average Bonchev–Trinajstić information content (AvgIpc) is 2.55. The normalized spacial score (nSPS) is 11.6. The van der Waals surface area contributed by atoms with Crippen molar-refractivity contribution in [1.82, 2.24) is 15.5 Å². The average molecular weight is 225 g/mol. The molecule has 0 saturated heterocycles. The number of carbonyl (C=O) groups is 1. The molecule has 0 spiro atoms. The summed E-state index contributed by atoms with van der Waals surface area (Å²) in [4.78, 5) is 11.5. The Kier molecular flexibility index (Phi) is 3.70. The molecule has 5 heteroatoms. The van der Waals surface area contributed by atoms with E-state index in [0.29, 0.717) is 6.54 Å². The van der Waals surface area contributed by atoms with E-state index >= 15 is 0 Å². The number of ether oxygens (including phenoxy) is 1. The van der Waals surface area contributed by atoms with Crippen molar-refractivity contribution >= 4 is 5.97 Å². The molecule has 90 valence electrons. The van der Waals surface area contributed by atoms with Crippen LogP contribution in [0.15, 0.2) is 0 Å². The third-order valence-corrected chi connectivity index (χ3v) is 2.68. The standard InChI is InChI=1S/C11H19N3O2/c1-7-9(8(2)14-13-7)6-12-11(3,4)10(15)16-5/h12H,6H2,1-5H3,(H,13,14). The lowest BCUT2D eigenvalue weighted by Gasteiger charge is -2.23. The highest BCUT2D eigenvalue weighted by molar-refractivity contribution is 5.79. The maximum absolute atomic E-state index is 11.5. The van der Waals surface area contributed by atoms with Gasteiger partial charge in [-0.2, -0.15) is 5.10 Å². The second-order valence-corrected chi connectivity index (χ2v) is 4.38. The zero-order chi connectivity index (χ0) is 12.3. The van der Waals surface area contributed by atoms with Gasteiger partial charge in [0.2, 0.25) is 0 Å². The van der Waals surface area contributed by atoms with Crippen LogP contribution >= 0.6 is 0 Å². The Morgan fingerprint density at radius 1 is 1.50 bits per heavy atom. The highest BCUT2D eigenvalue weighted by Gasteiger charge is 2.28. The van der Waals surface area contributed by atoms with E-state index < -0.39 is 5.54 Å². The van der Waals surface area contributed by atoms with Gasteiger partial charge in [-0.25, -0.2) is 0 Å². The Hall–Kier alpha value is -1.36. The van der Waals surface area contributed by atoms with E-state index in [-0.39, 0.29) is 5.97 Å². The number of H-pyrrole nitrogens is 1. The van der Waals surface area contributed by atoms with Gasteiger partial charge in [0.15, 0.2) is 0 Å². The molecule has 0 unspecified atom stereocenters. The van der Waals surface area contributed by atoms with Gasteiger partial charge in [-0.15, -0.1) is 0 Å². The number of nitrogens with zero attached hydrogens (tertiary/aromatic N) is 1. The van der Waals surface area contributed by atoms with Gasteiger partial charge >= 0.3 is 5.97 Å². The Labute approximate surface area is 95.6 Å². The van der Waals surface area contributed by atoms with E-state index in [0.717, 1.165) is 17.0 Å². The predicted molar refractivity (Wildman–Crippen MR) is 61.0 cm³/mol. The van der Waals surface area contributed by atoms with Crippen molar-refractivity contribution in [1.29, 1.82) is 0 Å². The van der Waals surface area contributed by atoms with Crippen molar-refractivity contribution in [3.05, 3.63) is 17.0 Å². The third-order valence-electron chi connectivity index (χ3n) is 2.68. The minimum Gasteiger partial charge on any atom is -0.468 e. The van der Waals surface area contributed by atoms with Crippen LogP contribution in [0.1, 0.15) is 30.8 Å². The highest BCUT2D eigenvalue weighted by atomic mass is 16.5. The SMILES string of the molecule is COC(=O)C(C)(C)NCc1c(C)n[nH]c1C. The van der Waals surface area contributed by atoms with E-state index in [4.69, 9.17) is 4.74 Å².